The lowest BCUT2D eigenvalue weighted by molar-refractivity contribution is 0.195. The number of aromatic amines is 1. The Morgan fingerprint density at radius 1 is 1.25 bits per heavy atom. The quantitative estimate of drug-likeness (QED) is 0.797. The Kier molecular flexibility index (Phi) is 4.06. The third kappa shape index (κ3) is 3.06. The minimum atomic E-state index is 0.505. The van der Waals surface area contributed by atoms with Gasteiger partial charge in [-0.15, -0.1) is 0 Å². The first-order valence-corrected chi connectivity index (χ1v) is 8.71. The van der Waals surface area contributed by atoms with Crippen LogP contribution >= 0.6 is 0 Å². The number of benzene rings is 1. The molecule has 1 aliphatic rings. The van der Waals surface area contributed by atoms with Crippen molar-refractivity contribution in [3.63, 3.8) is 0 Å². The monoisotopic (exact) mass is 325 g/mol. The second-order valence-corrected chi connectivity index (χ2v) is 6.65. The molecule has 1 fully saturated rings. The maximum atomic E-state index is 5.19. The number of aryl methyl sites for hydroxylation is 2. The van der Waals surface area contributed by atoms with E-state index < -0.39 is 0 Å². The maximum absolute atomic E-state index is 5.19. The van der Waals surface area contributed by atoms with Crippen LogP contribution in [0.1, 0.15) is 48.8 Å². The van der Waals surface area contributed by atoms with E-state index in [1.165, 1.54) is 5.56 Å². The molecule has 1 N–H and O–H groups in total. The Morgan fingerprint density at radius 2 is 2.08 bits per heavy atom. The first-order valence-electron chi connectivity index (χ1n) is 8.71. The lowest BCUT2D eigenvalue weighted by atomic mass is 9.96. The molecule has 0 radical (unpaired) electrons. The van der Waals surface area contributed by atoms with Crippen LogP contribution in [-0.4, -0.2) is 38.1 Å². The Morgan fingerprint density at radius 3 is 2.83 bits per heavy atom. The van der Waals surface area contributed by atoms with Crippen LogP contribution in [0, 0.1) is 6.92 Å². The molecule has 0 spiro atoms. The third-order valence-electron chi connectivity index (χ3n) is 4.81. The summed E-state index contributed by atoms with van der Waals surface area (Å²) in [5.41, 5.74) is 3.47. The lowest BCUT2D eigenvalue weighted by Crippen LogP contribution is -2.33. The maximum Gasteiger partial charge on any atom is 0.226 e. The van der Waals surface area contributed by atoms with Crippen LogP contribution in [0.5, 0.6) is 0 Å². The fraction of sp³-hybridized carbons (Fsp3) is 0.500. The average molecular weight is 325 g/mol. The highest BCUT2D eigenvalue weighted by atomic mass is 16.5. The van der Waals surface area contributed by atoms with Gasteiger partial charge in [-0.05, 0) is 50.6 Å². The van der Waals surface area contributed by atoms with Crippen LogP contribution < -0.4 is 0 Å². The molecule has 6 heteroatoms. The summed E-state index contributed by atoms with van der Waals surface area (Å²) in [4.78, 5) is 15.1. The van der Waals surface area contributed by atoms with Gasteiger partial charge in [-0.3, -0.25) is 4.90 Å². The summed E-state index contributed by atoms with van der Waals surface area (Å²) in [6, 6.07) is 6.38. The van der Waals surface area contributed by atoms with Crippen molar-refractivity contribution in [2.24, 2.45) is 0 Å². The van der Waals surface area contributed by atoms with Crippen molar-refractivity contribution in [1.29, 1.82) is 0 Å². The van der Waals surface area contributed by atoms with E-state index in [0.29, 0.717) is 5.92 Å². The molecule has 2 aromatic heterocycles. The third-order valence-corrected chi connectivity index (χ3v) is 4.81. The summed E-state index contributed by atoms with van der Waals surface area (Å²) in [7, 11) is 0. The van der Waals surface area contributed by atoms with Gasteiger partial charge in [0.25, 0.3) is 0 Å². The summed E-state index contributed by atoms with van der Waals surface area (Å²) >= 11 is 0. The minimum Gasteiger partial charge on any atom is -0.342 e. The van der Waals surface area contributed by atoms with Gasteiger partial charge >= 0.3 is 0 Å². The molecular formula is C18H23N5O. The van der Waals surface area contributed by atoms with Crippen molar-refractivity contribution >= 4 is 11.0 Å². The molecule has 0 saturated carbocycles. The number of nitrogens with zero attached hydrogens (tertiary/aromatic N) is 4. The molecule has 24 heavy (non-hydrogen) atoms. The Balaban J connectivity index is 1.39. The highest BCUT2D eigenvalue weighted by Gasteiger charge is 2.24. The van der Waals surface area contributed by atoms with Crippen LogP contribution in [0.3, 0.4) is 0 Å². The van der Waals surface area contributed by atoms with Crippen molar-refractivity contribution in [3.8, 4) is 0 Å². The normalized spacial score (nSPS) is 16.9. The largest absolute Gasteiger partial charge is 0.342 e. The number of hydrogen-bond donors (Lipinski definition) is 1. The van der Waals surface area contributed by atoms with Gasteiger partial charge in [0.1, 0.15) is 5.82 Å². The molecular weight excluding hydrogens is 302 g/mol. The second-order valence-electron chi connectivity index (χ2n) is 6.65. The molecule has 1 aliphatic heterocycles. The number of hydrogen-bond acceptors (Lipinski definition) is 5. The SMILES string of the molecule is CCc1nc(CN2CCC(c3nc4ccc(C)cc4[nH]3)CC2)no1. The molecule has 126 valence electrons. The fourth-order valence-electron chi connectivity index (χ4n) is 3.40. The molecule has 6 nitrogen and oxygen atoms in total. The van der Waals surface area contributed by atoms with Gasteiger partial charge in [0.05, 0.1) is 17.6 Å². The summed E-state index contributed by atoms with van der Waals surface area (Å²) in [5, 5.41) is 4.05. The average Bonchev–Trinajstić information content (AvgIpc) is 3.21. The topological polar surface area (TPSA) is 70.8 Å². The van der Waals surface area contributed by atoms with E-state index in [1.807, 2.05) is 6.92 Å². The number of aromatic nitrogens is 4. The fourth-order valence-corrected chi connectivity index (χ4v) is 3.40. The standard InChI is InChI=1S/C18H23N5O/c1-3-17-21-16(22-24-17)11-23-8-6-13(7-9-23)18-19-14-5-4-12(2)10-15(14)20-18/h4-5,10,13H,3,6-9,11H2,1-2H3,(H,19,20). The van der Waals surface area contributed by atoms with Crippen LogP contribution in [0.4, 0.5) is 0 Å². The zero-order valence-corrected chi connectivity index (χ0v) is 14.2. The molecule has 3 aromatic rings. The zero-order valence-electron chi connectivity index (χ0n) is 14.2. The number of H-pyrrole nitrogens is 1. The number of piperidine rings is 1. The van der Waals surface area contributed by atoms with Crippen molar-refractivity contribution in [3.05, 3.63) is 41.3 Å². The zero-order chi connectivity index (χ0) is 16.5. The number of imidazole rings is 1. The van der Waals surface area contributed by atoms with Crippen molar-refractivity contribution in [1.82, 2.24) is 25.0 Å². The number of fused-ring (bicyclic) bond motifs is 1. The summed E-state index contributed by atoms with van der Waals surface area (Å²) in [6.07, 6.45) is 3.01. The van der Waals surface area contributed by atoms with E-state index in [4.69, 9.17) is 9.51 Å². The predicted molar refractivity (Wildman–Crippen MR) is 91.8 cm³/mol. The highest BCUT2D eigenvalue weighted by Crippen LogP contribution is 2.28. The number of nitrogens with one attached hydrogen (secondary N) is 1. The molecule has 0 unspecified atom stereocenters. The lowest BCUT2D eigenvalue weighted by Gasteiger charge is -2.30. The van der Waals surface area contributed by atoms with Gasteiger partial charge in [0.2, 0.25) is 5.89 Å². The smallest absolute Gasteiger partial charge is 0.226 e. The molecule has 3 heterocycles. The van der Waals surface area contributed by atoms with Gasteiger partial charge < -0.3 is 9.51 Å². The molecule has 0 bridgehead atoms. The summed E-state index contributed by atoms with van der Waals surface area (Å²) < 4.78 is 5.19. The van der Waals surface area contributed by atoms with E-state index in [9.17, 15) is 0 Å². The predicted octanol–water partition coefficient (Wildman–Crippen LogP) is 3.20. The first kappa shape index (κ1) is 15.3. The molecule has 0 atom stereocenters. The Labute approximate surface area is 141 Å². The van der Waals surface area contributed by atoms with Crippen molar-refractivity contribution in [2.45, 2.75) is 45.6 Å². The van der Waals surface area contributed by atoms with Gasteiger partial charge in [-0.25, -0.2) is 4.98 Å². The van der Waals surface area contributed by atoms with E-state index in [1.54, 1.807) is 0 Å². The van der Waals surface area contributed by atoms with Crippen molar-refractivity contribution < 1.29 is 4.52 Å². The molecule has 1 saturated heterocycles. The highest BCUT2D eigenvalue weighted by molar-refractivity contribution is 5.75. The van der Waals surface area contributed by atoms with E-state index >= 15 is 0 Å². The number of rotatable bonds is 4. The summed E-state index contributed by atoms with van der Waals surface area (Å²) in [5.74, 6) is 3.15. The van der Waals surface area contributed by atoms with Gasteiger partial charge in [0.15, 0.2) is 5.82 Å². The first-order chi connectivity index (χ1) is 11.7. The molecule has 1 aromatic carbocycles. The van der Waals surface area contributed by atoms with Gasteiger partial charge in [0, 0.05) is 12.3 Å². The Bertz CT molecular complexity index is 829. The van der Waals surface area contributed by atoms with Crippen molar-refractivity contribution in [2.75, 3.05) is 13.1 Å². The number of likely N-dealkylation sites (tertiary alicyclic amines) is 1. The van der Waals surface area contributed by atoms with E-state index in [0.717, 1.165) is 67.5 Å². The molecule has 0 aliphatic carbocycles. The van der Waals surface area contributed by atoms with Gasteiger partial charge in [-0.2, -0.15) is 4.98 Å². The summed E-state index contributed by atoms with van der Waals surface area (Å²) in [6.45, 7) is 6.99. The Hall–Kier alpha value is -2.21. The second kappa shape index (κ2) is 6.36. The van der Waals surface area contributed by atoms with Crippen LogP contribution in [0.25, 0.3) is 11.0 Å². The van der Waals surface area contributed by atoms with Gasteiger partial charge in [-0.1, -0.05) is 18.1 Å². The van der Waals surface area contributed by atoms with E-state index in [-0.39, 0.29) is 0 Å². The molecule has 4 rings (SSSR count). The molecule has 0 amide bonds. The van der Waals surface area contributed by atoms with Crippen LogP contribution in [-0.2, 0) is 13.0 Å². The van der Waals surface area contributed by atoms with E-state index in [2.05, 4.69) is 45.1 Å². The minimum absolute atomic E-state index is 0.505. The van der Waals surface area contributed by atoms with Crippen LogP contribution in [0.2, 0.25) is 0 Å². The van der Waals surface area contributed by atoms with Crippen LogP contribution in [0.15, 0.2) is 22.7 Å².